The molecule has 0 aromatic heterocycles. The Morgan fingerprint density at radius 3 is 1.26 bits per heavy atom. The molecule has 0 aliphatic carbocycles. The molecule has 0 radical (unpaired) electrons. The van der Waals surface area contributed by atoms with E-state index in [9.17, 15) is 132 Å². The summed E-state index contributed by atoms with van der Waals surface area (Å²) in [5.41, 5.74) is 0. The lowest BCUT2D eigenvalue weighted by Crippen LogP contribution is -2.70. The van der Waals surface area contributed by atoms with Crippen LogP contribution in [0.25, 0.3) is 0 Å². The molecule has 0 spiro atoms. The van der Waals surface area contributed by atoms with Crippen molar-refractivity contribution in [2.45, 2.75) is 274 Å². The van der Waals surface area contributed by atoms with E-state index in [-0.39, 0.29) is 0 Å². The Morgan fingerprint density at radius 2 is 0.770 bits per heavy atom. The van der Waals surface area contributed by atoms with Crippen molar-refractivity contribution in [2.24, 2.45) is 0 Å². The summed E-state index contributed by atoms with van der Waals surface area (Å²) in [6.07, 6.45) is -70.3. The molecule has 0 aromatic rings. The molecule has 0 unspecified atom stereocenters. The van der Waals surface area contributed by atoms with Crippen molar-refractivity contribution in [3.8, 4) is 0 Å². The average Bonchev–Trinajstić information content (AvgIpc) is 0.779. The normalized spacial score (nSPS) is 45.4. The van der Waals surface area contributed by atoms with E-state index in [0.29, 0.717) is 0 Å². The number of aliphatic hydroxyl groups excluding tert-OH is 22. The third-order valence-electron chi connectivity index (χ3n) is 17.8. The Kier molecular flexibility index (Phi) is 31.1. The molecule has 580 valence electrons. The lowest BCUT2D eigenvalue weighted by molar-refractivity contribution is -0.390. The van der Waals surface area contributed by atoms with Crippen molar-refractivity contribution in [3.05, 3.63) is 0 Å². The largest absolute Gasteiger partial charge is 0.394 e. The molecule has 100 heavy (non-hydrogen) atoms. The maximum Gasteiger partial charge on any atom is 0.217 e. The molecule has 7 heterocycles. The van der Waals surface area contributed by atoms with E-state index in [2.05, 4.69) is 21.3 Å². The van der Waals surface area contributed by atoms with Crippen molar-refractivity contribution in [2.75, 3.05) is 52.9 Å². The Labute approximate surface area is 568 Å². The summed E-state index contributed by atoms with van der Waals surface area (Å²) in [6.45, 7) is -3.20. The Bertz CT molecular complexity index is 2570. The highest BCUT2D eigenvalue weighted by Crippen LogP contribution is 2.38. The van der Waals surface area contributed by atoms with E-state index in [4.69, 9.17) is 66.3 Å². The van der Waals surface area contributed by atoms with Gasteiger partial charge in [-0.1, -0.05) is 0 Å². The standard InChI is InChI=1S/C56H96N4O40/c1-14-30(72)39(81)42(84)53(89-14)87-12-20(71)45(31(73)19(6-61)57-15(2)67)96-52-29(60-18(5)70)38(80)46(24(10-65)93-52)98-55-44(86)48(99-54-43(85)41(83)47(25(11-66)94-54)97-50-27(58-16(3)68)36(78)32(74)21(7-62)90-50)35(77)26(95-55)13-88-56-49(40(82)34(76)23(9-64)92-56)100-51-28(59-17(4)69)37(79)33(75)22(8-63)91-51/h14,19-56,61-66,71-86H,6-13H2,1-5H3,(H,57,67)(H,58,68)(H,59,69)(H,60,70)/t14-,19-,20+,21+,22+,23+,24+,25+,26+,27+,28+,29+,30+,31+,32+,33+,34+,35+,36+,37+,38+,39+,40-,41+,42-,43-,44-,45+,46+,47+,48-,49-,50-,51-,52-,53+,54+,55-,56-/m0/s1. The van der Waals surface area contributed by atoms with Gasteiger partial charge in [0.05, 0.1) is 65.0 Å². The summed E-state index contributed by atoms with van der Waals surface area (Å²) in [7, 11) is 0. The summed E-state index contributed by atoms with van der Waals surface area (Å²) in [5.74, 6) is -3.42. The third-order valence-corrected chi connectivity index (χ3v) is 17.8. The SMILES string of the molecule is CC(=O)N[C@H]1[C@H](O[C@@H]([C@H](O)[C@H](CO)NC(C)=O)[C@H](O)CO[C@@H]2O[C@@H](C)[C@@H](O)[C@@H](O)[C@@H]2O)O[C@H](CO)[C@@H](O[C@@H]2O[C@H](CO[C@H]3O[C@H](CO)[C@@H](O)[C@H](O)[C@@H]3O[C@@H]3O[C@H](CO)[C@@H](O)[C@H](O)[C@H]3NC(C)=O)[C@@H](O)[C@H](O[C@H]3O[C@H](CO)[C@@H](O[C@@H]4O[C@H](CO)[C@@H](O)[C@H](O)[C@H]4NC(C)=O)[C@H](O)[C@@H]3O)[C@@H]2O)[C@@H]1O. The lowest BCUT2D eigenvalue weighted by atomic mass is 9.94. The number of hydrogen-bond donors (Lipinski definition) is 26. The Hall–Kier alpha value is -3.56. The fourth-order valence-corrected chi connectivity index (χ4v) is 12.4. The van der Waals surface area contributed by atoms with Gasteiger partial charge in [0.1, 0.15) is 183 Å². The van der Waals surface area contributed by atoms with E-state index in [1.54, 1.807) is 0 Å². The van der Waals surface area contributed by atoms with E-state index in [1.807, 2.05) is 0 Å². The van der Waals surface area contributed by atoms with Crippen LogP contribution in [0.2, 0.25) is 0 Å². The van der Waals surface area contributed by atoms with Crippen LogP contribution in [-0.4, -0.2) is 428 Å². The topological polar surface area (TPSA) is 691 Å². The first-order chi connectivity index (χ1) is 47.2. The molecule has 39 atom stereocenters. The van der Waals surface area contributed by atoms with Crippen LogP contribution in [0.4, 0.5) is 0 Å². The van der Waals surface area contributed by atoms with Crippen LogP contribution >= 0.6 is 0 Å². The number of rotatable bonds is 29. The second-order valence-corrected chi connectivity index (χ2v) is 25.1. The predicted molar refractivity (Wildman–Crippen MR) is 312 cm³/mol. The molecule has 0 saturated carbocycles. The molecule has 0 bridgehead atoms. The number of nitrogens with one attached hydrogen (secondary N) is 4. The predicted octanol–water partition coefficient (Wildman–Crippen LogP) is -17.2. The van der Waals surface area contributed by atoms with Crippen molar-refractivity contribution >= 4 is 23.6 Å². The first kappa shape index (κ1) is 83.7. The molecule has 4 amide bonds. The quantitative estimate of drug-likeness (QED) is 0.0331. The number of ether oxygens (including phenoxy) is 14. The van der Waals surface area contributed by atoms with E-state index in [0.717, 1.165) is 27.7 Å². The Balaban J connectivity index is 1.21. The van der Waals surface area contributed by atoms with Crippen LogP contribution in [0, 0.1) is 0 Å². The summed E-state index contributed by atoms with van der Waals surface area (Å²) < 4.78 is 81.9. The number of carbonyl (C=O) groups excluding carboxylic acids is 4. The highest BCUT2D eigenvalue weighted by molar-refractivity contribution is 5.74. The maximum atomic E-state index is 13.0. The van der Waals surface area contributed by atoms with Crippen molar-refractivity contribution in [1.29, 1.82) is 0 Å². The minimum absolute atomic E-state index is 0.797. The molecular weight excluding hydrogens is 1370 g/mol. The fraction of sp³-hybridized carbons (Fsp3) is 0.929. The van der Waals surface area contributed by atoms with Gasteiger partial charge in [-0.3, -0.25) is 19.2 Å². The summed E-state index contributed by atoms with van der Waals surface area (Å²) in [5, 5.41) is 252. The van der Waals surface area contributed by atoms with Gasteiger partial charge in [0.15, 0.2) is 44.0 Å². The number of hydrogen-bond acceptors (Lipinski definition) is 40. The van der Waals surface area contributed by atoms with Gasteiger partial charge >= 0.3 is 0 Å². The molecule has 44 nitrogen and oxygen atoms in total. The van der Waals surface area contributed by atoms with Crippen molar-refractivity contribution in [3.63, 3.8) is 0 Å². The zero-order valence-electron chi connectivity index (χ0n) is 54.4. The summed E-state index contributed by atoms with van der Waals surface area (Å²) >= 11 is 0. The van der Waals surface area contributed by atoms with Crippen LogP contribution < -0.4 is 21.3 Å². The van der Waals surface area contributed by atoms with Gasteiger partial charge in [-0.15, -0.1) is 0 Å². The van der Waals surface area contributed by atoms with Crippen LogP contribution in [0.5, 0.6) is 0 Å². The monoisotopic (exact) mass is 1460 g/mol. The maximum absolute atomic E-state index is 13.0. The molecule has 7 saturated heterocycles. The molecule has 0 aromatic carbocycles. The highest BCUT2D eigenvalue weighted by Gasteiger charge is 2.59. The second kappa shape index (κ2) is 37.1. The zero-order valence-corrected chi connectivity index (χ0v) is 54.4. The number of carbonyl (C=O) groups is 4. The molecule has 7 rings (SSSR count). The summed E-state index contributed by atoms with van der Waals surface area (Å²) in [6, 6.07) is -7.03. The minimum Gasteiger partial charge on any atom is -0.394 e. The molecule has 7 aliphatic rings. The van der Waals surface area contributed by atoms with Crippen LogP contribution in [0.15, 0.2) is 0 Å². The van der Waals surface area contributed by atoms with Gasteiger partial charge in [-0.2, -0.15) is 0 Å². The van der Waals surface area contributed by atoms with Gasteiger partial charge in [-0.05, 0) is 6.92 Å². The van der Waals surface area contributed by atoms with Crippen molar-refractivity contribution in [1.82, 2.24) is 21.3 Å². The fourth-order valence-electron chi connectivity index (χ4n) is 12.4. The number of amides is 4. The van der Waals surface area contributed by atoms with E-state index in [1.165, 1.54) is 6.92 Å². The van der Waals surface area contributed by atoms with E-state index >= 15 is 0 Å². The molecule has 7 fully saturated rings. The highest BCUT2D eigenvalue weighted by atomic mass is 16.8. The summed E-state index contributed by atoms with van der Waals surface area (Å²) in [4.78, 5) is 49.8. The third kappa shape index (κ3) is 19.3. The second-order valence-electron chi connectivity index (χ2n) is 25.1. The van der Waals surface area contributed by atoms with Crippen LogP contribution in [-0.2, 0) is 85.5 Å². The van der Waals surface area contributed by atoms with Crippen LogP contribution in [0.1, 0.15) is 34.6 Å². The first-order valence-corrected chi connectivity index (χ1v) is 31.9. The minimum atomic E-state index is -2.48. The smallest absolute Gasteiger partial charge is 0.217 e. The first-order valence-electron chi connectivity index (χ1n) is 31.9. The van der Waals surface area contributed by atoms with Gasteiger partial charge in [-0.25, -0.2) is 0 Å². The lowest BCUT2D eigenvalue weighted by Gasteiger charge is -2.50. The number of aliphatic hydroxyl groups is 22. The van der Waals surface area contributed by atoms with E-state index < -0.39 is 316 Å². The molecule has 26 N–H and O–H groups in total. The van der Waals surface area contributed by atoms with Crippen molar-refractivity contribution < 1.29 is 198 Å². The zero-order chi connectivity index (χ0) is 74.2. The molecular formula is C56H96N4O40. The molecule has 7 aliphatic heterocycles. The van der Waals surface area contributed by atoms with Gasteiger partial charge < -0.3 is 200 Å². The Morgan fingerprint density at radius 1 is 0.370 bits per heavy atom. The van der Waals surface area contributed by atoms with Gasteiger partial charge in [0.25, 0.3) is 0 Å². The van der Waals surface area contributed by atoms with Crippen LogP contribution in [0.3, 0.4) is 0 Å². The van der Waals surface area contributed by atoms with Gasteiger partial charge in [0, 0.05) is 27.7 Å². The average molecular weight is 1470 g/mol. The molecule has 44 heteroatoms. The van der Waals surface area contributed by atoms with Gasteiger partial charge in [0.2, 0.25) is 23.6 Å².